The van der Waals surface area contributed by atoms with Crippen molar-refractivity contribution in [3.63, 3.8) is 0 Å². The number of amides is 1. The minimum Gasteiger partial charge on any atom is -0.434 e. The molecule has 0 aliphatic carbocycles. The molecule has 220 valence electrons. The predicted octanol–water partition coefficient (Wildman–Crippen LogP) is 5.53. The van der Waals surface area contributed by atoms with Gasteiger partial charge in [0.1, 0.15) is 22.2 Å². The zero-order valence-corrected chi connectivity index (χ0v) is 22.7. The normalized spacial score (nSPS) is 13.9. The molecule has 1 aromatic carbocycles. The van der Waals surface area contributed by atoms with Crippen LogP contribution in [0, 0.1) is 5.82 Å². The van der Waals surface area contributed by atoms with Gasteiger partial charge in [0, 0.05) is 44.6 Å². The average molecular weight is 615 g/mol. The number of nitrogens with one attached hydrogen (secondary N) is 1. The number of fused-ring (bicyclic) bond motifs is 2. The summed E-state index contributed by atoms with van der Waals surface area (Å²) >= 11 is 6.25. The number of aromatic nitrogens is 6. The van der Waals surface area contributed by atoms with Crippen LogP contribution in [0.3, 0.4) is 0 Å². The third-order valence-electron chi connectivity index (χ3n) is 6.64. The molecule has 0 unspecified atom stereocenters. The fraction of sp³-hybridized carbons (Fsp3) is 0.185. The molecule has 16 heteroatoms. The second-order valence-electron chi connectivity index (χ2n) is 9.24. The fourth-order valence-electron chi connectivity index (χ4n) is 4.61. The number of anilines is 1. The molecule has 6 rings (SSSR count). The molecule has 1 saturated heterocycles. The summed E-state index contributed by atoms with van der Waals surface area (Å²) in [6.07, 6.45) is 0.190. The van der Waals surface area contributed by atoms with Gasteiger partial charge in [-0.15, -0.1) is 0 Å². The third kappa shape index (κ3) is 5.34. The molecule has 1 fully saturated rings. The molecule has 0 bridgehead atoms. The van der Waals surface area contributed by atoms with E-state index in [0.717, 1.165) is 18.3 Å². The van der Waals surface area contributed by atoms with Crippen molar-refractivity contribution < 1.29 is 31.8 Å². The van der Waals surface area contributed by atoms with E-state index >= 15 is 0 Å². The number of carbonyl (C=O) groups excluding carboxylic acids is 1. The number of carbonyl (C=O) groups is 1. The summed E-state index contributed by atoms with van der Waals surface area (Å²) in [6, 6.07) is 4.66. The lowest BCUT2D eigenvalue weighted by molar-refractivity contribution is -0.142. The van der Waals surface area contributed by atoms with Gasteiger partial charge < -0.3 is 19.3 Å². The van der Waals surface area contributed by atoms with E-state index in [1.807, 2.05) is 4.90 Å². The first-order chi connectivity index (χ1) is 20.6. The highest BCUT2D eigenvalue weighted by Gasteiger charge is 2.37. The number of ether oxygens (including phenoxy) is 2. The molecule has 1 N–H and O–H groups in total. The number of benzene rings is 1. The van der Waals surface area contributed by atoms with Crippen molar-refractivity contribution in [1.82, 2.24) is 35.0 Å². The Morgan fingerprint density at radius 3 is 2.60 bits per heavy atom. The van der Waals surface area contributed by atoms with E-state index in [4.69, 9.17) is 21.1 Å². The van der Waals surface area contributed by atoms with Crippen molar-refractivity contribution in [3.8, 4) is 23.4 Å². The Hall–Kier alpha value is -5.05. The predicted molar refractivity (Wildman–Crippen MR) is 147 cm³/mol. The Labute approximate surface area is 244 Å². The van der Waals surface area contributed by atoms with Gasteiger partial charge in [-0.25, -0.2) is 14.4 Å². The van der Waals surface area contributed by atoms with Gasteiger partial charge in [0.15, 0.2) is 17.2 Å². The number of piperazine rings is 1. The summed E-state index contributed by atoms with van der Waals surface area (Å²) in [5.74, 6) is -1.60. The number of rotatable bonds is 6. The summed E-state index contributed by atoms with van der Waals surface area (Å²) in [5.41, 5.74) is -0.922. The van der Waals surface area contributed by atoms with Gasteiger partial charge in [0.2, 0.25) is 11.8 Å². The number of hydrogen-bond donors (Lipinski definition) is 1. The Balaban J connectivity index is 1.48. The standard InChI is InChI=1S/C27H19ClF4N8O3/c1-2-19(41)39-8-10-40(11-9-39)24-14-5-7-34-25(43-22-15-13-35-38-17(15)12-16(29)20(22)28)21(14)36-26(37-24)42-18-4-3-6-33-23(18)27(30,31)32/h2-7,12-13H,1,8-11H2,(H,35,38). The highest BCUT2D eigenvalue weighted by molar-refractivity contribution is 6.33. The summed E-state index contributed by atoms with van der Waals surface area (Å²) in [7, 11) is 0. The van der Waals surface area contributed by atoms with Gasteiger partial charge in [-0.05, 0) is 24.3 Å². The SMILES string of the molecule is C=CC(=O)N1CCN(c2nc(Oc3cccnc3C(F)(F)F)nc3c(Oc4c(Cl)c(F)cc5[nH]ncc45)nccc23)CC1. The summed E-state index contributed by atoms with van der Waals surface area (Å²) < 4.78 is 67.2. The number of pyridine rings is 2. The Kier molecular flexibility index (Phi) is 7.17. The van der Waals surface area contributed by atoms with Crippen LogP contribution in [0.1, 0.15) is 5.69 Å². The zero-order chi connectivity index (χ0) is 30.3. The van der Waals surface area contributed by atoms with Crippen LogP contribution in [0.5, 0.6) is 23.4 Å². The molecular weight excluding hydrogens is 596 g/mol. The van der Waals surface area contributed by atoms with Crippen LogP contribution in [-0.4, -0.2) is 67.1 Å². The van der Waals surface area contributed by atoms with Gasteiger partial charge in [-0.3, -0.25) is 9.89 Å². The van der Waals surface area contributed by atoms with E-state index in [9.17, 15) is 22.4 Å². The van der Waals surface area contributed by atoms with Crippen LogP contribution in [-0.2, 0) is 11.0 Å². The molecule has 1 amide bonds. The Morgan fingerprint density at radius 2 is 1.86 bits per heavy atom. The molecule has 4 aromatic heterocycles. The lowest BCUT2D eigenvalue weighted by Gasteiger charge is -2.35. The second-order valence-corrected chi connectivity index (χ2v) is 9.62. The highest BCUT2D eigenvalue weighted by Crippen LogP contribution is 2.41. The van der Waals surface area contributed by atoms with Crippen molar-refractivity contribution in [3.05, 3.63) is 72.0 Å². The maximum absolute atomic E-state index is 14.6. The fourth-order valence-corrected chi connectivity index (χ4v) is 4.80. The van der Waals surface area contributed by atoms with Crippen molar-refractivity contribution in [1.29, 1.82) is 0 Å². The molecule has 1 aliphatic rings. The van der Waals surface area contributed by atoms with Gasteiger partial charge in [0.05, 0.1) is 22.5 Å². The number of hydrogen-bond acceptors (Lipinski definition) is 9. The Morgan fingerprint density at radius 1 is 1.07 bits per heavy atom. The average Bonchev–Trinajstić information content (AvgIpc) is 3.47. The van der Waals surface area contributed by atoms with Crippen LogP contribution in [0.4, 0.5) is 23.4 Å². The van der Waals surface area contributed by atoms with E-state index < -0.39 is 29.4 Å². The van der Waals surface area contributed by atoms with Crippen LogP contribution >= 0.6 is 11.6 Å². The zero-order valence-electron chi connectivity index (χ0n) is 21.9. The molecule has 5 heterocycles. The molecule has 0 radical (unpaired) electrons. The highest BCUT2D eigenvalue weighted by atomic mass is 35.5. The first-order valence-electron chi connectivity index (χ1n) is 12.7. The minimum atomic E-state index is -4.82. The number of aromatic amines is 1. The molecular formula is C27H19ClF4N8O3. The Bertz CT molecular complexity index is 1880. The molecule has 43 heavy (non-hydrogen) atoms. The van der Waals surface area contributed by atoms with E-state index in [2.05, 4.69) is 36.7 Å². The molecule has 0 spiro atoms. The lowest BCUT2D eigenvalue weighted by atomic mass is 10.2. The van der Waals surface area contributed by atoms with Crippen LogP contribution in [0.2, 0.25) is 5.02 Å². The van der Waals surface area contributed by atoms with Crippen LogP contribution in [0.15, 0.2) is 55.5 Å². The van der Waals surface area contributed by atoms with Gasteiger partial charge in [-0.1, -0.05) is 18.2 Å². The summed E-state index contributed by atoms with van der Waals surface area (Å²) in [6.45, 7) is 4.84. The molecule has 0 saturated carbocycles. The molecule has 11 nitrogen and oxygen atoms in total. The van der Waals surface area contributed by atoms with E-state index in [-0.39, 0.29) is 33.9 Å². The smallest absolute Gasteiger partial charge is 0.434 e. The largest absolute Gasteiger partial charge is 0.437 e. The van der Waals surface area contributed by atoms with E-state index in [0.29, 0.717) is 42.5 Å². The number of H-pyrrole nitrogens is 1. The topological polar surface area (TPSA) is 122 Å². The third-order valence-corrected chi connectivity index (χ3v) is 6.99. The quantitative estimate of drug-likeness (QED) is 0.194. The van der Waals surface area contributed by atoms with Gasteiger partial charge >= 0.3 is 12.2 Å². The number of nitrogens with zero attached hydrogens (tertiary/aromatic N) is 7. The summed E-state index contributed by atoms with van der Waals surface area (Å²) in [5, 5.41) is 6.95. The molecule has 1 aliphatic heterocycles. The van der Waals surface area contributed by atoms with Crippen molar-refractivity contribution in [2.24, 2.45) is 0 Å². The second kappa shape index (κ2) is 11.0. The number of halogens is 5. The summed E-state index contributed by atoms with van der Waals surface area (Å²) in [4.78, 5) is 32.0. The van der Waals surface area contributed by atoms with Crippen molar-refractivity contribution in [2.45, 2.75) is 6.18 Å². The van der Waals surface area contributed by atoms with Crippen molar-refractivity contribution in [2.75, 3.05) is 31.1 Å². The van der Waals surface area contributed by atoms with Crippen molar-refractivity contribution >= 4 is 45.1 Å². The maximum atomic E-state index is 14.6. The van der Waals surface area contributed by atoms with Crippen LogP contribution in [0.25, 0.3) is 21.8 Å². The minimum absolute atomic E-state index is 0.0431. The number of alkyl halides is 3. The molecule has 5 aromatic rings. The maximum Gasteiger partial charge on any atom is 0.437 e. The van der Waals surface area contributed by atoms with Gasteiger partial charge in [0.25, 0.3) is 0 Å². The molecule has 0 atom stereocenters. The van der Waals surface area contributed by atoms with Crippen LogP contribution < -0.4 is 14.4 Å². The van der Waals surface area contributed by atoms with Gasteiger partial charge in [-0.2, -0.15) is 28.2 Å². The van der Waals surface area contributed by atoms with E-state index in [1.54, 1.807) is 11.0 Å². The lowest BCUT2D eigenvalue weighted by Crippen LogP contribution is -2.48. The first kappa shape index (κ1) is 28.1. The monoisotopic (exact) mass is 614 g/mol. The van der Waals surface area contributed by atoms with E-state index in [1.165, 1.54) is 24.5 Å². The first-order valence-corrected chi connectivity index (χ1v) is 13.0.